The smallest absolute Gasteiger partial charge is 0.282 e. The van der Waals surface area contributed by atoms with Crippen molar-refractivity contribution in [2.24, 2.45) is 5.92 Å². The average molecular weight is 425 g/mol. The standard InChI is InChI=1S/C27H28N4O/c1-18-9-14-24(19(2)15-18)31-27(32)23-17-30(16-20-10-12-21(13-11-20)29(3)4)25-8-6-5-7-22(25)26(23)28-31/h5-10,12-15,17,20H,11,16H2,1-4H3. The van der Waals surface area contributed by atoms with Gasteiger partial charge in [0, 0.05) is 37.9 Å². The van der Waals surface area contributed by atoms with Crippen LogP contribution in [0.5, 0.6) is 0 Å². The Balaban J connectivity index is 1.62. The molecule has 5 heteroatoms. The predicted octanol–water partition coefficient (Wildman–Crippen LogP) is 4.93. The third kappa shape index (κ3) is 3.44. The van der Waals surface area contributed by atoms with Crippen molar-refractivity contribution in [2.45, 2.75) is 26.8 Å². The molecule has 0 saturated carbocycles. The number of likely N-dealkylation sites (N-methyl/N-ethyl adjacent to an activating group) is 1. The van der Waals surface area contributed by atoms with Crippen molar-refractivity contribution in [3.8, 4) is 16.9 Å². The highest BCUT2D eigenvalue weighted by molar-refractivity contribution is 5.93. The molecule has 1 aliphatic carbocycles. The van der Waals surface area contributed by atoms with E-state index in [1.165, 1.54) is 11.3 Å². The Morgan fingerprint density at radius 3 is 2.66 bits per heavy atom. The third-order valence-corrected chi connectivity index (χ3v) is 6.33. The molecule has 0 radical (unpaired) electrons. The van der Waals surface area contributed by atoms with Crippen LogP contribution in [0.3, 0.4) is 0 Å². The minimum absolute atomic E-state index is 0.0690. The molecule has 2 aromatic carbocycles. The number of para-hydroxylation sites is 1. The summed E-state index contributed by atoms with van der Waals surface area (Å²) in [5.74, 6) is 0.383. The molecule has 0 amide bonds. The molecule has 0 spiro atoms. The fraction of sp³-hybridized carbons (Fsp3) is 0.259. The second kappa shape index (κ2) is 7.83. The molecule has 2 aliphatic heterocycles. The molecule has 32 heavy (non-hydrogen) atoms. The maximum absolute atomic E-state index is 13.4. The molecule has 2 heterocycles. The predicted molar refractivity (Wildman–Crippen MR) is 130 cm³/mol. The molecule has 162 valence electrons. The molecular formula is C27H28N4O. The lowest BCUT2D eigenvalue weighted by atomic mass is 9.98. The zero-order valence-corrected chi connectivity index (χ0v) is 19.0. The van der Waals surface area contributed by atoms with Gasteiger partial charge in [0.15, 0.2) is 0 Å². The van der Waals surface area contributed by atoms with E-state index in [9.17, 15) is 4.79 Å². The fourth-order valence-corrected chi connectivity index (χ4v) is 4.61. The number of hydrogen-bond acceptors (Lipinski definition) is 3. The van der Waals surface area contributed by atoms with Gasteiger partial charge in [-0.05, 0) is 50.0 Å². The van der Waals surface area contributed by atoms with Crippen LogP contribution in [0.4, 0.5) is 0 Å². The fourth-order valence-electron chi connectivity index (χ4n) is 4.61. The van der Waals surface area contributed by atoms with E-state index in [0.717, 1.165) is 40.8 Å². The van der Waals surface area contributed by atoms with E-state index in [1.54, 1.807) is 4.68 Å². The van der Waals surface area contributed by atoms with Gasteiger partial charge in [0.1, 0.15) is 5.69 Å². The van der Waals surface area contributed by atoms with Gasteiger partial charge in [-0.3, -0.25) is 4.79 Å². The SMILES string of the molecule is Cc1ccc(-n2nc3c4ccccc4n(CC4C=CC(N(C)C)=CC4)cc-3c2=O)c(C)c1. The summed E-state index contributed by atoms with van der Waals surface area (Å²) in [4.78, 5) is 15.6. The van der Waals surface area contributed by atoms with Crippen molar-refractivity contribution in [1.29, 1.82) is 0 Å². The number of benzene rings is 2. The average Bonchev–Trinajstić information content (AvgIpc) is 3.11. The van der Waals surface area contributed by atoms with Crippen LogP contribution < -0.4 is 5.56 Å². The number of hydrogen-bond donors (Lipinski definition) is 0. The van der Waals surface area contributed by atoms with Gasteiger partial charge < -0.3 is 9.47 Å². The van der Waals surface area contributed by atoms with Crippen LogP contribution >= 0.6 is 0 Å². The molecule has 0 N–H and O–H groups in total. The summed E-state index contributed by atoms with van der Waals surface area (Å²) in [5.41, 5.74) is 6.74. The highest BCUT2D eigenvalue weighted by Crippen LogP contribution is 2.30. The van der Waals surface area contributed by atoms with Gasteiger partial charge in [0.05, 0.1) is 16.8 Å². The second-order valence-corrected chi connectivity index (χ2v) is 8.95. The van der Waals surface area contributed by atoms with Crippen molar-refractivity contribution < 1.29 is 0 Å². The maximum Gasteiger partial charge on any atom is 0.282 e. The number of aryl methyl sites for hydroxylation is 2. The molecule has 1 atom stereocenters. The van der Waals surface area contributed by atoms with E-state index in [-0.39, 0.29) is 5.56 Å². The molecule has 3 aliphatic rings. The van der Waals surface area contributed by atoms with Crippen LogP contribution in [0.15, 0.2) is 77.4 Å². The molecule has 2 aromatic rings. The number of nitrogens with zero attached hydrogens (tertiary/aromatic N) is 4. The van der Waals surface area contributed by atoms with Crippen LogP contribution in [0.1, 0.15) is 17.5 Å². The van der Waals surface area contributed by atoms with Crippen LogP contribution in [0, 0.1) is 19.8 Å². The van der Waals surface area contributed by atoms with Gasteiger partial charge in [0.2, 0.25) is 0 Å². The van der Waals surface area contributed by atoms with Gasteiger partial charge in [-0.25, -0.2) is 0 Å². The van der Waals surface area contributed by atoms with Gasteiger partial charge >= 0.3 is 0 Å². The Morgan fingerprint density at radius 1 is 1.12 bits per heavy atom. The Hall–Kier alpha value is -3.60. The molecular weight excluding hydrogens is 396 g/mol. The molecule has 1 unspecified atom stereocenters. The van der Waals surface area contributed by atoms with Crippen molar-refractivity contribution in [2.75, 3.05) is 14.1 Å². The minimum Gasteiger partial charge on any atom is -0.378 e. The summed E-state index contributed by atoms with van der Waals surface area (Å²) < 4.78 is 3.78. The molecule has 0 aromatic heterocycles. The van der Waals surface area contributed by atoms with Crippen molar-refractivity contribution in [3.63, 3.8) is 0 Å². The first-order valence-corrected chi connectivity index (χ1v) is 11.1. The van der Waals surface area contributed by atoms with Crippen molar-refractivity contribution >= 4 is 10.9 Å². The Kier molecular flexibility index (Phi) is 4.97. The lowest BCUT2D eigenvalue weighted by molar-refractivity contribution is 0.494. The topological polar surface area (TPSA) is 43.1 Å². The van der Waals surface area contributed by atoms with Crippen molar-refractivity contribution in [3.05, 3.63) is 94.1 Å². The summed E-state index contributed by atoms with van der Waals surface area (Å²) >= 11 is 0. The van der Waals surface area contributed by atoms with E-state index in [4.69, 9.17) is 5.10 Å². The summed E-state index contributed by atoms with van der Waals surface area (Å²) in [6.45, 7) is 4.90. The summed E-state index contributed by atoms with van der Waals surface area (Å²) in [7, 11) is 4.13. The number of pyridine rings is 1. The van der Waals surface area contributed by atoms with Gasteiger partial charge in [-0.2, -0.15) is 9.78 Å². The Bertz CT molecular complexity index is 1400. The number of aromatic nitrogens is 3. The van der Waals surface area contributed by atoms with Gasteiger partial charge in [-0.15, -0.1) is 0 Å². The first-order chi connectivity index (χ1) is 15.4. The van der Waals surface area contributed by atoms with E-state index in [2.05, 4.69) is 66.9 Å². The molecule has 5 rings (SSSR count). The van der Waals surface area contributed by atoms with Crippen LogP contribution in [0.2, 0.25) is 0 Å². The van der Waals surface area contributed by atoms with Gasteiger partial charge in [-0.1, -0.05) is 48.0 Å². The lowest BCUT2D eigenvalue weighted by Gasteiger charge is -2.23. The van der Waals surface area contributed by atoms with E-state index in [0.29, 0.717) is 11.5 Å². The number of fused-ring (bicyclic) bond motifs is 3. The first-order valence-electron chi connectivity index (χ1n) is 11.1. The normalized spacial score (nSPS) is 16.0. The molecule has 0 fully saturated rings. The Morgan fingerprint density at radius 2 is 1.94 bits per heavy atom. The summed E-state index contributed by atoms with van der Waals surface area (Å²) in [6.07, 6.45) is 9.72. The monoisotopic (exact) mass is 424 g/mol. The molecule has 0 saturated heterocycles. The summed E-state index contributed by atoms with van der Waals surface area (Å²) in [6, 6.07) is 14.3. The van der Waals surface area contributed by atoms with E-state index in [1.807, 2.05) is 37.4 Å². The van der Waals surface area contributed by atoms with Crippen molar-refractivity contribution in [1.82, 2.24) is 19.2 Å². The van der Waals surface area contributed by atoms with Crippen LogP contribution in [-0.4, -0.2) is 33.3 Å². The summed E-state index contributed by atoms with van der Waals surface area (Å²) in [5, 5.41) is 5.79. The van der Waals surface area contributed by atoms with E-state index >= 15 is 0 Å². The third-order valence-electron chi connectivity index (χ3n) is 6.33. The zero-order chi connectivity index (χ0) is 22.4. The zero-order valence-electron chi connectivity index (χ0n) is 19.0. The van der Waals surface area contributed by atoms with E-state index < -0.39 is 0 Å². The first kappa shape index (κ1) is 20.3. The second-order valence-electron chi connectivity index (χ2n) is 8.95. The van der Waals surface area contributed by atoms with Crippen LogP contribution in [0.25, 0.3) is 27.8 Å². The highest BCUT2D eigenvalue weighted by Gasteiger charge is 2.22. The quantitative estimate of drug-likeness (QED) is 0.467. The lowest BCUT2D eigenvalue weighted by Crippen LogP contribution is -2.18. The molecule has 0 bridgehead atoms. The van der Waals surface area contributed by atoms with Gasteiger partial charge in [0.25, 0.3) is 5.56 Å². The minimum atomic E-state index is -0.0690. The molecule has 5 nitrogen and oxygen atoms in total. The number of allylic oxidation sites excluding steroid dienone is 3. The maximum atomic E-state index is 13.4. The Labute approximate surface area is 188 Å². The van der Waals surface area contributed by atoms with Crippen LogP contribution in [-0.2, 0) is 6.54 Å². The largest absolute Gasteiger partial charge is 0.378 e. The highest BCUT2D eigenvalue weighted by atomic mass is 16.1. The number of rotatable bonds is 4.